The molecule has 0 spiro atoms. The van der Waals surface area contributed by atoms with Gasteiger partial charge in [0.1, 0.15) is 16.4 Å². The molecule has 2 heterocycles. The summed E-state index contributed by atoms with van der Waals surface area (Å²) in [5.41, 5.74) is 3.38. The van der Waals surface area contributed by atoms with E-state index in [9.17, 15) is 22.8 Å². The quantitative estimate of drug-likeness (QED) is 0.701. The molecule has 2 aromatic rings. The van der Waals surface area contributed by atoms with Gasteiger partial charge in [-0.2, -0.15) is 13.2 Å². The van der Waals surface area contributed by atoms with Crippen molar-refractivity contribution in [3.63, 3.8) is 0 Å². The molecule has 1 atom stereocenters. The second kappa shape index (κ2) is 6.94. The van der Waals surface area contributed by atoms with Gasteiger partial charge in [-0.25, -0.2) is 0 Å². The number of primary amides is 1. The maximum atomic E-state index is 14.9. The van der Waals surface area contributed by atoms with Crippen molar-refractivity contribution in [3.05, 3.63) is 63.7 Å². The molecule has 10 heteroatoms. The number of carbonyl (C=O) groups is 2. The Balaban J connectivity index is 2.10. The summed E-state index contributed by atoms with van der Waals surface area (Å²) in [5.74, 6) is -1.92. The molecule has 4 rings (SSSR count). The van der Waals surface area contributed by atoms with Crippen molar-refractivity contribution >= 4 is 29.3 Å². The number of halogens is 3. The van der Waals surface area contributed by atoms with Crippen LogP contribution in [0.25, 0.3) is 0 Å². The van der Waals surface area contributed by atoms with Crippen LogP contribution in [-0.4, -0.2) is 25.1 Å². The van der Waals surface area contributed by atoms with Crippen molar-refractivity contribution in [3.8, 4) is 5.75 Å². The van der Waals surface area contributed by atoms with Crippen molar-refractivity contribution in [1.82, 2.24) is 5.32 Å². The number of amides is 2. The van der Waals surface area contributed by atoms with Gasteiger partial charge >= 0.3 is 6.18 Å². The van der Waals surface area contributed by atoms with E-state index in [1.807, 2.05) is 6.92 Å². The molecular formula is C21H18F3N3O3S. The van der Waals surface area contributed by atoms with E-state index in [0.717, 1.165) is 22.2 Å². The molecule has 0 bridgehead atoms. The molecule has 0 aliphatic carbocycles. The zero-order valence-electron chi connectivity index (χ0n) is 16.8. The van der Waals surface area contributed by atoms with Crippen molar-refractivity contribution in [2.24, 2.45) is 5.73 Å². The van der Waals surface area contributed by atoms with Crippen LogP contribution in [0.2, 0.25) is 0 Å². The summed E-state index contributed by atoms with van der Waals surface area (Å²) < 4.78 is 49.7. The lowest BCUT2D eigenvalue weighted by Gasteiger charge is -2.48. The molecule has 1 unspecified atom stereocenters. The molecular weight excluding hydrogens is 431 g/mol. The van der Waals surface area contributed by atoms with Crippen LogP contribution in [0.1, 0.15) is 16.7 Å². The number of carbonyl (C=O) groups excluding carboxylic acids is 2. The first-order chi connectivity index (χ1) is 14.5. The van der Waals surface area contributed by atoms with Gasteiger partial charge in [-0.05, 0) is 43.2 Å². The smallest absolute Gasteiger partial charge is 0.435 e. The fraction of sp³-hybridized carbons (Fsp3) is 0.238. The van der Waals surface area contributed by atoms with Gasteiger partial charge in [-0.15, -0.1) is 0 Å². The highest BCUT2D eigenvalue weighted by atomic mass is 32.2. The van der Waals surface area contributed by atoms with Gasteiger partial charge in [0.2, 0.25) is 5.66 Å². The zero-order chi connectivity index (χ0) is 22.7. The van der Waals surface area contributed by atoms with Gasteiger partial charge in [0.05, 0.1) is 12.8 Å². The molecule has 0 saturated heterocycles. The number of anilines is 1. The third kappa shape index (κ3) is 2.96. The number of nitrogens with zero attached hydrogens (tertiary/aromatic N) is 1. The fourth-order valence-corrected chi connectivity index (χ4v) is 5.43. The summed E-state index contributed by atoms with van der Waals surface area (Å²) >= 11 is 0.929. The van der Waals surface area contributed by atoms with Crippen LogP contribution in [0.15, 0.2) is 51.9 Å². The minimum atomic E-state index is -4.95. The molecule has 0 aromatic heterocycles. The van der Waals surface area contributed by atoms with Crippen LogP contribution < -0.4 is 20.7 Å². The summed E-state index contributed by atoms with van der Waals surface area (Å²) in [6, 6.07) is 8.72. The van der Waals surface area contributed by atoms with E-state index in [1.54, 1.807) is 19.1 Å². The monoisotopic (exact) mass is 449 g/mol. The Labute approximate surface area is 180 Å². The largest absolute Gasteiger partial charge is 0.497 e. The predicted octanol–water partition coefficient (Wildman–Crippen LogP) is 3.47. The van der Waals surface area contributed by atoms with E-state index in [-0.39, 0.29) is 16.3 Å². The summed E-state index contributed by atoms with van der Waals surface area (Å²) in [5, 5.41) is 1.91. The molecule has 31 heavy (non-hydrogen) atoms. The average Bonchev–Trinajstić information content (AvgIpc) is 3.05. The Morgan fingerprint density at radius 2 is 1.84 bits per heavy atom. The highest BCUT2D eigenvalue weighted by Gasteiger charge is 2.66. The van der Waals surface area contributed by atoms with Gasteiger partial charge < -0.3 is 15.8 Å². The third-order valence-electron chi connectivity index (χ3n) is 5.28. The van der Waals surface area contributed by atoms with Gasteiger partial charge in [0.15, 0.2) is 0 Å². The summed E-state index contributed by atoms with van der Waals surface area (Å²) in [7, 11) is 1.40. The first-order valence-corrected chi connectivity index (χ1v) is 10.00. The standard InChI is InChI=1S/C21H18F3N3O3S/c1-10-8-11(2)16-14(9-10)31-19-15(17(25)28)18(29)26-20(27(16)19,21(22,23)24)12-4-6-13(30-3)7-5-12/h4-9H,1-3H3,(H2,25,28)(H,26,29). The van der Waals surface area contributed by atoms with E-state index < -0.39 is 29.2 Å². The maximum absolute atomic E-state index is 14.9. The van der Waals surface area contributed by atoms with Gasteiger partial charge in [0, 0.05) is 10.5 Å². The first kappa shape index (κ1) is 21.1. The number of ether oxygens (including phenoxy) is 1. The summed E-state index contributed by atoms with van der Waals surface area (Å²) in [4.78, 5) is 26.3. The van der Waals surface area contributed by atoms with Gasteiger partial charge in [-0.1, -0.05) is 30.0 Å². The van der Waals surface area contributed by atoms with Crippen LogP contribution in [0, 0.1) is 13.8 Å². The Morgan fingerprint density at radius 1 is 1.19 bits per heavy atom. The van der Waals surface area contributed by atoms with Crippen molar-refractivity contribution in [1.29, 1.82) is 0 Å². The number of benzene rings is 2. The molecule has 3 N–H and O–H groups in total. The summed E-state index contributed by atoms with van der Waals surface area (Å²) in [6.07, 6.45) is -4.95. The second-order valence-corrected chi connectivity index (χ2v) is 8.33. The number of alkyl halides is 3. The number of rotatable bonds is 3. The van der Waals surface area contributed by atoms with E-state index in [1.165, 1.54) is 31.4 Å². The van der Waals surface area contributed by atoms with Crippen LogP contribution in [0.3, 0.4) is 0 Å². The zero-order valence-corrected chi connectivity index (χ0v) is 17.6. The molecule has 0 radical (unpaired) electrons. The van der Waals surface area contributed by atoms with Crippen LogP contribution in [-0.2, 0) is 15.3 Å². The number of aryl methyl sites for hydroxylation is 2. The maximum Gasteiger partial charge on any atom is 0.435 e. The Kier molecular flexibility index (Phi) is 4.73. The van der Waals surface area contributed by atoms with Crippen molar-refractivity contribution in [2.45, 2.75) is 30.6 Å². The number of fused-ring (bicyclic) bond motifs is 3. The molecule has 6 nitrogen and oxygen atoms in total. The number of hydrogen-bond donors (Lipinski definition) is 2. The second-order valence-electron chi connectivity index (χ2n) is 7.30. The normalized spacial score (nSPS) is 20.3. The SMILES string of the molecule is COc1ccc(C2(C(F)(F)F)NC(=O)C(C(N)=O)=C3Sc4cc(C)cc(C)c4N32)cc1. The lowest BCUT2D eigenvalue weighted by Crippen LogP contribution is -2.69. The Morgan fingerprint density at radius 3 is 2.39 bits per heavy atom. The fourth-order valence-electron chi connectivity index (χ4n) is 4.01. The third-order valence-corrected chi connectivity index (χ3v) is 6.39. The Bertz CT molecular complexity index is 1150. The molecule has 0 fully saturated rings. The molecule has 2 amide bonds. The van der Waals surface area contributed by atoms with Crippen molar-refractivity contribution in [2.75, 3.05) is 12.0 Å². The van der Waals surface area contributed by atoms with Crippen molar-refractivity contribution < 1.29 is 27.5 Å². The molecule has 0 saturated carbocycles. The number of hydrogen-bond acceptors (Lipinski definition) is 5. The minimum absolute atomic E-state index is 0.145. The van der Waals surface area contributed by atoms with Gasteiger partial charge in [-0.3, -0.25) is 14.5 Å². The average molecular weight is 449 g/mol. The van der Waals surface area contributed by atoms with Crippen LogP contribution in [0.4, 0.5) is 18.9 Å². The molecule has 2 aliphatic rings. The van der Waals surface area contributed by atoms with Gasteiger partial charge in [0.25, 0.3) is 11.8 Å². The number of methoxy groups -OCH3 is 1. The van der Waals surface area contributed by atoms with E-state index in [0.29, 0.717) is 16.2 Å². The van der Waals surface area contributed by atoms with Crippen LogP contribution in [0.5, 0.6) is 5.75 Å². The molecule has 2 aromatic carbocycles. The predicted molar refractivity (Wildman–Crippen MR) is 109 cm³/mol. The highest BCUT2D eigenvalue weighted by molar-refractivity contribution is 8.03. The number of nitrogens with two attached hydrogens (primary N) is 1. The van der Waals surface area contributed by atoms with E-state index in [4.69, 9.17) is 10.5 Å². The first-order valence-electron chi connectivity index (χ1n) is 9.18. The molecule has 162 valence electrons. The van der Waals surface area contributed by atoms with E-state index in [2.05, 4.69) is 5.32 Å². The number of nitrogens with one attached hydrogen (secondary N) is 1. The van der Waals surface area contributed by atoms with Crippen LogP contribution >= 0.6 is 11.8 Å². The highest BCUT2D eigenvalue weighted by Crippen LogP contribution is 2.59. The topological polar surface area (TPSA) is 84.7 Å². The lowest BCUT2D eigenvalue weighted by molar-refractivity contribution is -0.201. The Hall–Kier alpha value is -3.14. The lowest BCUT2D eigenvalue weighted by atomic mass is 9.91. The van der Waals surface area contributed by atoms with E-state index >= 15 is 0 Å². The molecule has 2 aliphatic heterocycles. The minimum Gasteiger partial charge on any atom is -0.497 e. The number of thioether (sulfide) groups is 1. The summed E-state index contributed by atoms with van der Waals surface area (Å²) in [6.45, 7) is 3.50.